The van der Waals surface area contributed by atoms with Gasteiger partial charge in [0.2, 0.25) is 0 Å². The highest BCUT2D eigenvalue weighted by atomic mass is 16.5. The third-order valence-corrected chi connectivity index (χ3v) is 4.99. The largest absolute Gasteiger partial charge is 0.497 e. The first-order valence-corrected chi connectivity index (χ1v) is 9.14. The van der Waals surface area contributed by atoms with Crippen LogP contribution in [-0.2, 0) is 4.74 Å². The number of nitrogens with zero attached hydrogens (tertiary/aromatic N) is 1. The lowest BCUT2D eigenvalue weighted by atomic mass is 10.1. The van der Waals surface area contributed by atoms with E-state index in [9.17, 15) is 14.4 Å². The van der Waals surface area contributed by atoms with E-state index in [1.807, 2.05) is 0 Å². The summed E-state index contributed by atoms with van der Waals surface area (Å²) in [7, 11) is 1.56. The number of carbonyl (C=O) groups excluding carboxylic acids is 3. The molecule has 144 valence electrons. The number of fused-ring (bicyclic) bond motifs is 1. The molecule has 3 amide bonds. The fourth-order valence-electron chi connectivity index (χ4n) is 3.47. The van der Waals surface area contributed by atoms with Gasteiger partial charge >= 0.3 is 0 Å². The summed E-state index contributed by atoms with van der Waals surface area (Å²) in [6.45, 7) is 0.926. The minimum Gasteiger partial charge on any atom is -0.497 e. The molecular weight excluding hydrogens is 360 g/mol. The molecule has 1 saturated heterocycles. The second-order valence-corrected chi connectivity index (χ2v) is 6.80. The fourth-order valence-corrected chi connectivity index (χ4v) is 3.47. The lowest BCUT2D eigenvalue weighted by Gasteiger charge is -2.17. The smallest absolute Gasteiger partial charge is 0.261 e. The first-order valence-electron chi connectivity index (χ1n) is 9.14. The topological polar surface area (TPSA) is 84.9 Å². The number of ether oxygens (including phenoxy) is 2. The Morgan fingerprint density at radius 1 is 1.14 bits per heavy atom. The standard InChI is InChI=1S/C21H20N2O5/c1-27-15-7-4-13(5-8-15)19(24)22-14-6-9-17-18(11-14)21(26)23(20(17)25)12-16-3-2-10-28-16/h4-9,11,16H,2-3,10,12H2,1H3,(H,22,24). The molecule has 1 fully saturated rings. The van der Waals surface area contributed by atoms with Crippen LogP contribution in [0.15, 0.2) is 42.5 Å². The normalized spacial score (nSPS) is 18.3. The molecule has 1 unspecified atom stereocenters. The van der Waals surface area contributed by atoms with Crippen LogP contribution in [0.5, 0.6) is 5.75 Å². The van der Waals surface area contributed by atoms with Crippen LogP contribution < -0.4 is 10.1 Å². The van der Waals surface area contributed by atoms with Crippen molar-refractivity contribution in [1.82, 2.24) is 4.90 Å². The van der Waals surface area contributed by atoms with E-state index in [0.29, 0.717) is 34.7 Å². The van der Waals surface area contributed by atoms with Gasteiger partial charge in [0, 0.05) is 17.9 Å². The lowest BCUT2D eigenvalue weighted by Crippen LogP contribution is -2.36. The van der Waals surface area contributed by atoms with Crippen LogP contribution in [0.3, 0.4) is 0 Å². The van der Waals surface area contributed by atoms with Gasteiger partial charge in [0.05, 0.1) is 30.9 Å². The van der Waals surface area contributed by atoms with E-state index in [4.69, 9.17) is 9.47 Å². The summed E-state index contributed by atoms with van der Waals surface area (Å²) in [5, 5.41) is 2.76. The summed E-state index contributed by atoms with van der Waals surface area (Å²) >= 11 is 0. The zero-order valence-corrected chi connectivity index (χ0v) is 15.4. The number of rotatable bonds is 5. The van der Waals surface area contributed by atoms with Gasteiger partial charge in [-0.25, -0.2) is 0 Å². The van der Waals surface area contributed by atoms with E-state index in [0.717, 1.165) is 12.8 Å². The highest BCUT2D eigenvalue weighted by Gasteiger charge is 2.37. The van der Waals surface area contributed by atoms with Crippen LogP contribution in [0.25, 0.3) is 0 Å². The van der Waals surface area contributed by atoms with Crippen molar-refractivity contribution < 1.29 is 23.9 Å². The van der Waals surface area contributed by atoms with Crippen molar-refractivity contribution in [3.63, 3.8) is 0 Å². The number of amides is 3. The molecule has 1 N–H and O–H groups in total. The number of hydrogen-bond acceptors (Lipinski definition) is 5. The molecule has 28 heavy (non-hydrogen) atoms. The summed E-state index contributed by atoms with van der Waals surface area (Å²) in [6, 6.07) is 11.5. The van der Waals surface area contributed by atoms with Gasteiger partial charge in [-0.1, -0.05) is 0 Å². The van der Waals surface area contributed by atoms with Gasteiger partial charge < -0.3 is 14.8 Å². The van der Waals surface area contributed by atoms with Crippen LogP contribution in [-0.4, -0.2) is 49.0 Å². The molecule has 7 nitrogen and oxygen atoms in total. The predicted molar refractivity (Wildman–Crippen MR) is 102 cm³/mol. The van der Waals surface area contributed by atoms with Crippen molar-refractivity contribution in [2.45, 2.75) is 18.9 Å². The van der Waals surface area contributed by atoms with E-state index >= 15 is 0 Å². The number of carbonyl (C=O) groups is 3. The van der Waals surface area contributed by atoms with Gasteiger partial charge in [-0.2, -0.15) is 0 Å². The molecule has 2 aliphatic heterocycles. The Morgan fingerprint density at radius 2 is 1.89 bits per heavy atom. The third-order valence-electron chi connectivity index (χ3n) is 4.99. The first kappa shape index (κ1) is 18.2. The fraction of sp³-hybridized carbons (Fsp3) is 0.286. The predicted octanol–water partition coefficient (Wildman–Crippen LogP) is 2.72. The minimum absolute atomic E-state index is 0.101. The average Bonchev–Trinajstić information content (AvgIpc) is 3.31. The lowest BCUT2D eigenvalue weighted by molar-refractivity contribution is 0.0475. The number of anilines is 1. The van der Waals surface area contributed by atoms with Crippen molar-refractivity contribution >= 4 is 23.4 Å². The molecule has 4 rings (SSSR count). The summed E-state index contributed by atoms with van der Waals surface area (Å²) in [4.78, 5) is 38.9. The van der Waals surface area contributed by atoms with Crippen molar-refractivity contribution in [3.05, 3.63) is 59.2 Å². The number of benzene rings is 2. The molecule has 2 heterocycles. The van der Waals surface area contributed by atoms with E-state index in [-0.39, 0.29) is 30.4 Å². The highest BCUT2D eigenvalue weighted by molar-refractivity contribution is 6.22. The Balaban J connectivity index is 1.50. The maximum Gasteiger partial charge on any atom is 0.261 e. The molecule has 0 aliphatic carbocycles. The maximum atomic E-state index is 12.7. The second-order valence-electron chi connectivity index (χ2n) is 6.80. The molecule has 2 aromatic rings. The van der Waals surface area contributed by atoms with Crippen LogP contribution in [0.1, 0.15) is 43.9 Å². The zero-order chi connectivity index (χ0) is 19.7. The molecule has 0 bridgehead atoms. The third kappa shape index (κ3) is 3.36. The van der Waals surface area contributed by atoms with Crippen LogP contribution in [0.2, 0.25) is 0 Å². The highest BCUT2D eigenvalue weighted by Crippen LogP contribution is 2.27. The van der Waals surface area contributed by atoms with Gasteiger partial charge in [0.1, 0.15) is 5.75 Å². The molecule has 1 atom stereocenters. The van der Waals surface area contributed by atoms with Gasteiger partial charge in [0.25, 0.3) is 17.7 Å². The Hall–Kier alpha value is -3.19. The van der Waals surface area contributed by atoms with Crippen LogP contribution >= 0.6 is 0 Å². The van der Waals surface area contributed by atoms with Crippen molar-refractivity contribution in [2.75, 3.05) is 25.6 Å². The SMILES string of the molecule is COc1ccc(C(=O)Nc2ccc3c(c2)C(=O)N(CC2CCCO2)C3=O)cc1. The molecule has 0 saturated carbocycles. The monoisotopic (exact) mass is 380 g/mol. The molecule has 2 aliphatic rings. The van der Waals surface area contributed by atoms with Gasteiger partial charge in [-0.15, -0.1) is 0 Å². The molecule has 0 spiro atoms. The molecular formula is C21H20N2O5. The molecule has 0 radical (unpaired) electrons. The van der Waals surface area contributed by atoms with Gasteiger partial charge in [-0.05, 0) is 55.3 Å². The Bertz CT molecular complexity index is 932. The van der Waals surface area contributed by atoms with Gasteiger partial charge in [0.15, 0.2) is 0 Å². The molecule has 0 aromatic heterocycles. The van der Waals surface area contributed by atoms with Gasteiger partial charge in [-0.3, -0.25) is 19.3 Å². The van der Waals surface area contributed by atoms with E-state index in [1.54, 1.807) is 49.6 Å². The number of nitrogens with one attached hydrogen (secondary N) is 1. The van der Waals surface area contributed by atoms with Crippen molar-refractivity contribution in [1.29, 1.82) is 0 Å². The van der Waals surface area contributed by atoms with Crippen molar-refractivity contribution in [3.8, 4) is 5.75 Å². The summed E-state index contributed by atoms with van der Waals surface area (Å²) < 4.78 is 10.6. The second kappa shape index (κ2) is 7.44. The van der Waals surface area contributed by atoms with Crippen LogP contribution in [0.4, 0.5) is 5.69 Å². The maximum absolute atomic E-state index is 12.7. The molecule has 7 heteroatoms. The summed E-state index contributed by atoms with van der Waals surface area (Å²) in [5.41, 5.74) is 1.57. The minimum atomic E-state index is -0.351. The van der Waals surface area contributed by atoms with Crippen LogP contribution in [0, 0.1) is 0 Å². The van der Waals surface area contributed by atoms with Crippen molar-refractivity contribution in [2.24, 2.45) is 0 Å². The Morgan fingerprint density at radius 3 is 2.57 bits per heavy atom. The quantitative estimate of drug-likeness (QED) is 0.807. The Kier molecular flexibility index (Phi) is 4.83. The number of imide groups is 1. The molecule has 2 aromatic carbocycles. The first-order chi connectivity index (χ1) is 13.6. The van der Waals surface area contributed by atoms with E-state index < -0.39 is 0 Å². The summed E-state index contributed by atoms with van der Waals surface area (Å²) in [5.74, 6) is -0.320. The van der Waals surface area contributed by atoms with E-state index in [2.05, 4.69) is 5.32 Å². The average molecular weight is 380 g/mol. The number of methoxy groups -OCH3 is 1. The summed E-state index contributed by atoms with van der Waals surface area (Å²) in [6.07, 6.45) is 1.68. The zero-order valence-electron chi connectivity index (χ0n) is 15.4. The van der Waals surface area contributed by atoms with E-state index in [1.165, 1.54) is 4.90 Å². The Labute approximate surface area is 162 Å². The number of hydrogen-bond donors (Lipinski definition) is 1.